The van der Waals surface area contributed by atoms with Gasteiger partial charge in [0.1, 0.15) is 0 Å². The van der Waals surface area contributed by atoms with Crippen LogP contribution in [-0.2, 0) is 0 Å². The molecule has 19 heavy (non-hydrogen) atoms. The highest BCUT2D eigenvalue weighted by Crippen LogP contribution is 2.28. The molecule has 106 valence electrons. The van der Waals surface area contributed by atoms with E-state index in [1.54, 1.807) is 0 Å². The van der Waals surface area contributed by atoms with Crippen molar-refractivity contribution in [3.8, 4) is 0 Å². The van der Waals surface area contributed by atoms with Crippen LogP contribution in [0.1, 0.15) is 44.6 Å². The molecular formula is C17H28N2. The van der Waals surface area contributed by atoms with Gasteiger partial charge in [0.25, 0.3) is 0 Å². The second-order valence-corrected chi connectivity index (χ2v) is 5.74. The van der Waals surface area contributed by atoms with E-state index in [4.69, 9.17) is 0 Å². The maximum atomic E-state index is 3.41. The van der Waals surface area contributed by atoms with Gasteiger partial charge in [0.2, 0.25) is 0 Å². The van der Waals surface area contributed by atoms with Crippen molar-refractivity contribution < 1.29 is 0 Å². The third-order valence-corrected chi connectivity index (χ3v) is 4.34. The Morgan fingerprint density at radius 3 is 2.84 bits per heavy atom. The zero-order valence-corrected chi connectivity index (χ0v) is 12.4. The minimum absolute atomic E-state index is 0.729. The minimum Gasteiger partial charge on any atom is -0.317 e. The van der Waals surface area contributed by atoms with Crippen LogP contribution >= 0.6 is 0 Å². The summed E-state index contributed by atoms with van der Waals surface area (Å²) < 4.78 is 0. The summed E-state index contributed by atoms with van der Waals surface area (Å²) in [6.45, 7) is 9.33. The van der Waals surface area contributed by atoms with Crippen LogP contribution in [0, 0.1) is 0 Å². The molecule has 0 aliphatic carbocycles. The van der Waals surface area contributed by atoms with E-state index < -0.39 is 0 Å². The number of hydrogen-bond donors (Lipinski definition) is 1. The maximum absolute atomic E-state index is 3.41. The molecule has 0 saturated carbocycles. The molecule has 1 saturated heterocycles. The van der Waals surface area contributed by atoms with Crippen LogP contribution in [0.5, 0.6) is 0 Å². The summed E-state index contributed by atoms with van der Waals surface area (Å²) in [5, 5.41) is 3.41. The van der Waals surface area contributed by atoms with Gasteiger partial charge >= 0.3 is 0 Å². The summed E-state index contributed by atoms with van der Waals surface area (Å²) in [7, 11) is 0. The first-order valence-electron chi connectivity index (χ1n) is 7.81. The summed E-state index contributed by atoms with van der Waals surface area (Å²) in [5.41, 5.74) is 1.52. The Bertz CT molecular complexity index is 350. The molecule has 2 heteroatoms. The first-order valence-corrected chi connectivity index (χ1v) is 7.81. The van der Waals surface area contributed by atoms with Gasteiger partial charge in [-0.15, -0.1) is 0 Å². The van der Waals surface area contributed by atoms with Gasteiger partial charge in [-0.3, -0.25) is 0 Å². The molecule has 0 aromatic heterocycles. The number of likely N-dealkylation sites (tertiary alicyclic amines) is 1. The van der Waals surface area contributed by atoms with E-state index in [0.717, 1.165) is 25.0 Å². The van der Waals surface area contributed by atoms with Gasteiger partial charge in [-0.1, -0.05) is 37.3 Å². The average molecular weight is 260 g/mol. The van der Waals surface area contributed by atoms with Gasteiger partial charge < -0.3 is 10.2 Å². The van der Waals surface area contributed by atoms with Crippen LogP contribution in [0.3, 0.4) is 0 Å². The lowest BCUT2D eigenvalue weighted by atomic mass is 9.99. The largest absolute Gasteiger partial charge is 0.317 e. The summed E-state index contributed by atoms with van der Waals surface area (Å²) in [5.74, 6) is 0.748. The molecule has 1 heterocycles. The number of rotatable bonds is 7. The van der Waals surface area contributed by atoms with Crippen molar-refractivity contribution >= 4 is 0 Å². The lowest BCUT2D eigenvalue weighted by Gasteiger charge is -2.24. The van der Waals surface area contributed by atoms with E-state index in [9.17, 15) is 0 Å². The number of benzene rings is 1. The third-order valence-electron chi connectivity index (χ3n) is 4.34. The Labute approximate surface area is 118 Å². The van der Waals surface area contributed by atoms with E-state index in [1.165, 1.54) is 37.9 Å². The summed E-state index contributed by atoms with van der Waals surface area (Å²) in [6, 6.07) is 11.7. The summed E-state index contributed by atoms with van der Waals surface area (Å²) in [6.07, 6.45) is 3.93. The van der Waals surface area contributed by atoms with E-state index in [-0.39, 0.29) is 0 Å². The van der Waals surface area contributed by atoms with Crippen molar-refractivity contribution in [3.05, 3.63) is 35.9 Å². The predicted octanol–water partition coefficient (Wildman–Crippen LogP) is 3.25. The predicted molar refractivity (Wildman–Crippen MR) is 82.6 cm³/mol. The van der Waals surface area contributed by atoms with Crippen LogP contribution in [0.15, 0.2) is 30.3 Å². The second kappa shape index (κ2) is 7.66. The van der Waals surface area contributed by atoms with Crippen LogP contribution in [0.4, 0.5) is 0 Å². The van der Waals surface area contributed by atoms with E-state index in [0.29, 0.717) is 0 Å². The number of hydrogen-bond acceptors (Lipinski definition) is 2. The number of nitrogens with one attached hydrogen (secondary N) is 1. The van der Waals surface area contributed by atoms with Gasteiger partial charge in [-0.2, -0.15) is 0 Å². The van der Waals surface area contributed by atoms with Crippen molar-refractivity contribution in [2.24, 2.45) is 0 Å². The van der Waals surface area contributed by atoms with E-state index >= 15 is 0 Å². The molecule has 1 aliphatic heterocycles. The first kappa shape index (κ1) is 14.5. The molecule has 0 bridgehead atoms. The smallest absolute Gasteiger partial charge is 0.00676 e. The van der Waals surface area contributed by atoms with Crippen LogP contribution in [0.25, 0.3) is 0 Å². The lowest BCUT2D eigenvalue weighted by Crippen LogP contribution is -2.31. The Morgan fingerprint density at radius 2 is 2.11 bits per heavy atom. The SMILES string of the molecule is CCNCCCC(C)N1CCC(c2ccccc2)C1. The van der Waals surface area contributed by atoms with Crippen molar-refractivity contribution in [1.82, 2.24) is 10.2 Å². The van der Waals surface area contributed by atoms with Gasteiger partial charge in [-0.05, 0) is 57.3 Å². The molecule has 2 rings (SSSR count). The Hall–Kier alpha value is -0.860. The van der Waals surface area contributed by atoms with Crippen molar-refractivity contribution in [2.75, 3.05) is 26.2 Å². The third kappa shape index (κ3) is 4.32. The lowest BCUT2D eigenvalue weighted by molar-refractivity contribution is 0.240. The molecule has 1 aromatic rings. The molecule has 0 radical (unpaired) electrons. The molecule has 1 fully saturated rings. The van der Waals surface area contributed by atoms with Crippen molar-refractivity contribution in [2.45, 2.75) is 45.1 Å². The molecule has 0 amide bonds. The van der Waals surface area contributed by atoms with Gasteiger partial charge in [0, 0.05) is 12.6 Å². The van der Waals surface area contributed by atoms with Gasteiger partial charge in [0.15, 0.2) is 0 Å². The Balaban J connectivity index is 1.75. The fourth-order valence-corrected chi connectivity index (χ4v) is 3.07. The highest BCUT2D eigenvalue weighted by molar-refractivity contribution is 5.21. The van der Waals surface area contributed by atoms with Crippen molar-refractivity contribution in [1.29, 1.82) is 0 Å². The molecular weight excluding hydrogens is 232 g/mol. The quantitative estimate of drug-likeness (QED) is 0.757. The van der Waals surface area contributed by atoms with E-state index in [1.807, 2.05) is 0 Å². The summed E-state index contributed by atoms with van der Waals surface area (Å²) in [4.78, 5) is 2.67. The number of nitrogens with zero attached hydrogens (tertiary/aromatic N) is 1. The van der Waals surface area contributed by atoms with E-state index in [2.05, 4.69) is 54.4 Å². The fraction of sp³-hybridized carbons (Fsp3) is 0.647. The standard InChI is InChI=1S/C17H28N2/c1-3-18-12-7-8-15(2)19-13-11-17(14-19)16-9-5-4-6-10-16/h4-6,9-10,15,17-18H,3,7-8,11-14H2,1-2H3. The maximum Gasteiger partial charge on any atom is 0.00676 e. The molecule has 1 aromatic carbocycles. The minimum atomic E-state index is 0.729. The molecule has 2 atom stereocenters. The normalized spacial score (nSPS) is 21.7. The fourth-order valence-electron chi connectivity index (χ4n) is 3.07. The zero-order chi connectivity index (χ0) is 13.5. The molecule has 1 N–H and O–H groups in total. The highest BCUT2D eigenvalue weighted by atomic mass is 15.2. The van der Waals surface area contributed by atoms with Crippen LogP contribution in [-0.4, -0.2) is 37.1 Å². The van der Waals surface area contributed by atoms with Gasteiger partial charge in [0.05, 0.1) is 0 Å². The molecule has 1 aliphatic rings. The second-order valence-electron chi connectivity index (χ2n) is 5.74. The van der Waals surface area contributed by atoms with Gasteiger partial charge in [-0.25, -0.2) is 0 Å². The average Bonchev–Trinajstić information content (AvgIpc) is 2.94. The monoisotopic (exact) mass is 260 g/mol. The van der Waals surface area contributed by atoms with Crippen LogP contribution in [0.2, 0.25) is 0 Å². The zero-order valence-electron chi connectivity index (χ0n) is 12.4. The first-order chi connectivity index (χ1) is 9.31. The Kier molecular flexibility index (Phi) is 5.87. The van der Waals surface area contributed by atoms with Crippen LogP contribution < -0.4 is 5.32 Å². The Morgan fingerprint density at radius 1 is 1.32 bits per heavy atom. The highest BCUT2D eigenvalue weighted by Gasteiger charge is 2.26. The molecule has 0 spiro atoms. The van der Waals surface area contributed by atoms with Crippen molar-refractivity contribution in [3.63, 3.8) is 0 Å². The molecule has 2 unspecified atom stereocenters. The summed E-state index contributed by atoms with van der Waals surface area (Å²) >= 11 is 0. The topological polar surface area (TPSA) is 15.3 Å². The molecule has 2 nitrogen and oxygen atoms in total.